The molecule has 1 aliphatic heterocycles. The van der Waals surface area contributed by atoms with Gasteiger partial charge in [-0.05, 0) is 50.1 Å². The Balaban J connectivity index is 1.94. The molecule has 2 aromatic carbocycles. The first-order valence-electron chi connectivity index (χ1n) is 8.09. The van der Waals surface area contributed by atoms with Crippen molar-refractivity contribution in [2.45, 2.75) is 29.6 Å². The highest BCUT2D eigenvalue weighted by atomic mass is 35.5. The molecule has 1 fully saturated rings. The minimum atomic E-state index is -3.83. The Kier molecular flexibility index (Phi) is 5.30. The highest BCUT2D eigenvalue weighted by molar-refractivity contribution is 7.92. The molecule has 0 atom stereocenters. The fourth-order valence-electron chi connectivity index (χ4n) is 2.76. The topological polar surface area (TPSA) is 83.5 Å². The van der Waals surface area contributed by atoms with E-state index in [9.17, 15) is 16.8 Å². The van der Waals surface area contributed by atoms with Crippen LogP contribution >= 0.6 is 11.6 Å². The number of hydrogen-bond acceptors (Lipinski definition) is 4. The van der Waals surface area contributed by atoms with Gasteiger partial charge < -0.3 is 0 Å². The normalized spacial score (nSPS) is 15.9. The van der Waals surface area contributed by atoms with Gasteiger partial charge in [0, 0.05) is 13.1 Å². The van der Waals surface area contributed by atoms with Crippen LogP contribution in [0.5, 0.6) is 0 Å². The van der Waals surface area contributed by atoms with Gasteiger partial charge in [0.05, 0.1) is 15.6 Å². The van der Waals surface area contributed by atoms with E-state index >= 15 is 0 Å². The largest absolute Gasteiger partial charge is 0.280 e. The molecule has 0 spiro atoms. The number of nitrogens with zero attached hydrogens (tertiary/aromatic N) is 1. The predicted molar refractivity (Wildman–Crippen MR) is 101 cm³/mol. The second kappa shape index (κ2) is 7.19. The van der Waals surface area contributed by atoms with Crippen LogP contribution in [0, 0.1) is 6.92 Å². The van der Waals surface area contributed by atoms with Crippen molar-refractivity contribution in [3.63, 3.8) is 0 Å². The Morgan fingerprint density at radius 1 is 0.962 bits per heavy atom. The molecule has 0 saturated carbocycles. The van der Waals surface area contributed by atoms with Gasteiger partial charge >= 0.3 is 0 Å². The van der Waals surface area contributed by atoms with E-state index in [1.54, 1.807) is 12.1 Å². The molecule has 0 aliphatic carbocycles. The Bertz CT molecular complexity index is 1010. The highest BCUT2D eigenvalue weighted by Gasteiger charge is 2.29. The summed E-state index contributed by atoms with van der Waals surface area (Å²) in [5.74, 6) is 0. The van der Waals surface area contributed by atoms with Gasteiger partial charge in [0.1, 0.15) is 4.90 Å². The van der Waals surface area contributed by atoms with Gasteiger partial charge in [-0.2, -0.15) is 4.31 Å². The summed E-state index contributed by atoms with van der Waals surface area (Å²) in [5, 5.41) is 0.0650. The van der Waals surface area contributed by atoms with Crippen LogP contribution in [-0.2, 0) is 20.0 Å². The zero-order valence-electron chi connectivity index (χ0n) is 14.1. The van der Waals surface area contributed by atoms with E-state index in [-0.39, 0.29) is 20.5 Å². The molecule has 0 aromatic heterocycles. The van der Waals surface area contributed by atoms with Crippen LogP contribution in [0.1, 0.15) is 18.4 Å². The van der Waals surface area contributed by atoms with E-state index in [0.717, 1.165) is 18.4 Å². The molecule has 1 aliphatic rings. The third-order valence-corrected chi connectivity index (χ3v) is 7.97. The van der Waals surface area contributed by atoms with Crippen molar-refractivity contribution < 1.29 is 16.8 Å². The van der Waals surface area contributed by atoms with E-state index < -0.39 is 20.0 Å². The van der Waals surface area contributed by atoms with E-state index in [0.29, 0.717) is 13.1 Å². The van der Waals surface area contributed by atoms with Gasteiger partial charge in [-0.3, -0.25) is 4.72 Å². The quantitative estimate of drug-likeness (QED) is 0.814. The summed E-state index contributed by atoms with van der Waals surface area (Å²) >= 11 is 6.08. The average Bonchev–Trinajstić information content (AvgIpc) is 3.12. The van der Waals surface area contributed by atoms with Crippen LogP contribution in [-0.4, -0.2) is 34.2 Å². The van der Waals surface area contributed by atoms with Gasteiger partial charge in [0.15, 0.2) is 0 Å². The fraction of sp³-hybridized carbons (Fsp3) is 0.294. The third kappa shape index (κ3) is 3.88. The minimum absolute atomic E-state index is 0.0650. The summed E-state index contributed by atoms with van der Waals surface area (Å²) in [7, 11) is -7.58. The number of rotatable bonds is 5. The summed E-state index contributed by atoms with van der Waals surface area (Å²) in [5.41, 5.74) is 1.09. The first-order valence-corrected chi connectivity index (χ1v) is 11.4. The maximum atomic E-state index is 12.7. The predicted octanol–water partition coefficient (Wildman–Crippen LogP) is 3.23. The smallest absolute Gasteiger partial charge is 0.261 e. The number of hydrogen-bond donors (Lipinski definition) is 1. The van der Waals surface area contributed by atoms with Crippen LogP contribution < -0.4 is 4.72 Å². The summed E-state index contributed by atoms with van der Waals surface area (Å²) < 4.78 is 54.3. The maximum absolute atomic E-state index is 12.7. The van der Waals surface area contributed by atoms with Gasteiger partial charge in [0.25, 0.3) is 10.0 Å². The summed E-state index contributed by atoms with van der Waals surface area (Å²) in [4.78, 5) is 0.00664. The molecule has 0 bridgehead atoms. The molecule has 3 rings (SSSR count). The zero-order valence-corrected chi connectivity index (χ0v) is 16.5. The molecule has 0 unspecified atom stereocenters. The molecule has 9 heteroatoms. The van der Waals surface area contributed by atoms with E-state index in [2.05, 4.69) is 4.72 Å². The molecular weight excluding hydrogens is 396 g/mol. The number of nitrogens with one attached hydrogen (secondary N) is 1. The van der Waals surface area contributed by atoms with Crippen molar-refractivity contribution >= 4 is 37.3 Å². The van der Waals surface area contributed by atoms with Gasteiger partial charge in [-0.15, -0.1) is 0 Å². The lowest BCUT2D eigenvalue weighted by Crippen LogP contribution is -2.28. The number of halogens is 1. The number of sulfonamides is 2. The summed E-state index contributed by atoms with van der Waals surface area (Å²) in [6.45, 7) is 2.74. The van der Waals surface area contributed by atoms with Crippen molar-refractivity contribution in [2.75, 3.05) is 17.8 Å². The Labute approximate surface area is 158 Å². The van der Waals surface area contributed by atoms with Gasteiger partial charge in [-0.1, -0.05) is 29.3 Å². The zero-order chi connectivity index (χ0) is 18.9. The molecular formula is C17H19ClN2O4S2. The summed E-state index contributed by atoms with van der Waals surface area (Å²) in [6.07, 6.45) is 1.60. The Morgan fingerprint density at radius 2 is 1.58 bits per heavy atom. The monoisotopic (exact) mass is 414 g/mol. The number of aryl methyl sites for hydroxylation is 1. The highest BCUT2D eigenvalue weighted by Crippen LogP contribution is 2.30. The molecule has 1 N–H and O–H groups in total. The van der Waals surface area contributed by atoms with E-state index in [1.807, 2.05) is 6.92 Å². The SMILES string of the molecule is Cc1ccc(S(=O)(=O)Nc2ccc(Cl)c(S(=O)(=O)N3CCCC3)c2)cc1. The average molecular weight is 415 g/mol. The Hall–Kier alpha value is -1.61. The lowest BCUT2D eigenvalue weighted by molar-refractivity contribution is 0.477. The summed E-state index contributed by atoms with van der Waals surface area (Å²) in [6, 6.07) is 10.5. The van der Waals surface area contributed by atoms with Crippen LogP contribution in [0.15, 0.2) is 52.3 Å². The van der Waals surface area contributed by atoms with Crippen LogP contribution in [0.25, 0.3) is 0 Å². The first kappa shape index (κ1) is 19.2. The Morgan fingerprint density at radius 3 is 2.19 bits per heavy atom. The molecule has 0 amide bonds. The first-order chi connectivity index (χ1) is 12.2. The molecule has 2 aromatic rings. The molecule has 26 heavy (non-hydrogen) atoms. The van der Waals surface area contributed by atoms with Crippen molar-refractivity contribution in [1.82, 2.24) is 4.31 Å². The van der Waals surface area contributed by atoms with Crippen molar-refractivity contribution in [3.8, 4) is 0 Å². The number of anilines is 1. The van der Waals surface area contributed by atoms with E-state index in [4.69, 9.17) is 11.6 Å². The third-order valence-electron chi connectivity index (χ3n) is 4.20. The van der Waals surface area contributed by atoms with Gasteiger partial charge in [-0.25, -0.2) is 16.8 Å². The number of benzene rings is 2. The lowest BCUT2D eigenvalue weighted by atomic mass is 10.2. The van der Waals surface area contributed by atoms with Crippen LogP contribution in [0.3, 0.4) is 0 Å². The fourth-order valence-corrected chi connectivity index (χ4v) is 5.83. The van der Waals surface area contributed by atoms with Crippen molar-refractivity contribution in [2.24, 2.45) is 0 Å². The van der Waals surface area contributed by atoms with Crippen LogP contribution in [0.4, 0.5) is 5.69 Å². The molecule has 6 nitrogen and oxygen atoms in total. The lowest BCUT2D eigenvalue weighted by Gasteiger charge is -2.17. The van der Waals surface area contributed by atoms with Crippen molar-refractivity contribution in [1.29, 1.82) is 0 Å². The molecule has 0 radical (unpaired) electrons. The second-order valence-corrected chi connectivity index (χ2v) is 10.2. The molecule has 1 saturated heterocycles. The molecule has 1 heterocycles. The molecule has 140 valence electrons. The minimum Gasteiger partial charge on any atom is -0.280 e. The standard InChI is InChI=1S/C17H19ClN2O4S2/c1-13-4-7-15(8-5-13)25(21,22)19-14-6-9-16(18)17(12-14)26(23,24)20-10-2-3-11-20/h4-9,12,19H,2-3,10-11H2,1H3. The van der Waals surface area contributed by atoms with Gasteiger partial charge in [0.2, 0.25) is 10.0 Å². The van der Waals surface area contributed by atoms with Crippen molar-refractivity contribution in [3.05, 3.63) is 53.1 Å². The van der Waals surface area contributed by atoms with E-state index in [1.165, 1.54) is 34.6 Å². The second-order valence-electron chi connectivity index (χ2n) is 6.17. The van der Waals surface area contributed by atoms with Crippen LogP contribution in [0.2, 0.25) is 5.02 Å². The maximum Gasteiger partial charge on any atom is 0.261 e.